The SMILES string of the molecule is c1cc(-c2ccc3ccc4cccc5ccc2c3c45)c2ccc(-c3ccc4ccc5cccc6ccc3c4c56)cc2c1. The Balaban J connectivity index is 1.20. The van der Waals surface area contributed by atoms with Crippen LogP contribution in [0.15, 0.2) is 146 Å². The zero-order chi connectivity index (χ0) is 27.4. The van der Waals surface area contributed by atoms with Crippen LogP contribution in [-0.2, 0) is 0 Å². The van der Waals surface area contributed by atoms with Crippen molar-refractivity contribution in [2.45, 2.75) is 0 Å². The molecule has 10 aromatic carbocycles. The Bertz CT molecular complexity index is 2640. The maximum Gasteiger partial charge on any atom is -0.00206 e. The Morgan fingerprint density at radius 1 is 0.238 bits per heavy atom. The van der Waals surface area contributed by atoms with Crippen molar-refractivity contribution in [2.75, 3.05) is 0 Å². The lowest BCUT2D eigenvalue weighted by Crippen LogP contribution is -1.89. The van der Waals surface area contributed by atoms with Crippen molar-refractivity contribution in [3.8, 4) is 22.3 Å². The molecule has 0 saturated heterocycles. The molecule has 0 aliphatic carbocycles. The van der Waals surface area contributed by atoms with Crippen molar-refractivity contribution < 1.29 is 0 Å². The molecule has 0 N–H and O–H groups in total. The Labute approximate surface area is 242 Å². The molecule has 0 unspecified atom stereocenters. The van der Waals surface area contributed by atoms with Gasteiger partial charge in [-0.3, -0.25) is 0 Å². The van der Waals surface area contributed by atoms with E-state index in [9.17, 15) is 0 Å². The van der Waals surface area contributed by atoms with Crippen LogP contribution < -0.4 is 0 Å². The predicted molar refractivity (Wildman–Crippen MR) is 182 cm³/mol. The second-order valence-corrected chi connectivity index (χ2v) is 11.7. The van der Waals surface area contributed by atoms with Crippen molar-refractivity contribution in [1.29, 1.82) is 0 Å². The summed E-state index contributed by atoms with van der Waals surface area (Å²) in [6, 6.07) is 54.4. The first-order chi connectivity index (χ1) is 20.8. The quantitative estimate of drug-likeness (QED) is 0.196. The van der Waals surface area contributed by atoms with Crippen LogP contribution in [0.4, 0.5) is 0 Å². The zero-order valence-electron chi connectivity index (χ0n) is 22.9. The molecule has 0 saturated carbocycles. The van der Waals surface area contributed by atoms with Gasteiger partial charge in [-0.15, -0.1) is 0 Å². The molecule has 10 rings (SSSR count). The molecule has 0 bridgehead atoms. The van der Waals surface area contributed by atoms with E-state index < -0.39 is 0 Å². The lowest BCUT2D eigenvalue weighted by molar-refractivity contribution is 1.68. The van der Waals surface area contributed by atoms with Gasteiger partial charge in [-0.25, -0.2) is 0 Å². The highest BCUT2D eigenvalue weighted by molar-refractivity contribution is 6.27. The van der Waals surface area contributed by atoms with E-state index >= 15 is 0 Å². The van der Waals surface area contributed by atoms with E-state index in [0.717, 1.165) is 0 Å². The zero-order valence-corrected chi connectivity index (χ0v) is 22.9. The molecule has 0 amide bonds. The van der Waals surface area contributed by atoms with Gasteiger partial charge in [0.2, 0.25) is 0 Å². The van der Waals surface area contributed by atoms with Gasteiger partial charge in [-0.2, -0.15) is 0 Å². The van der Waals surface area contributed by atoms with E-state index in [1.807, 2.05) is 0 Å². The van der Waals surface area contributed by atoms with Crippen LogP contribution in [0.2, 0.25) is 0 Å². The Morgan fingerprint density at radius 3 is 1.26 bits per heavy atom. The van der Waals surface area contributed by atoms with Crippen molar-refractivity contribution in [3.63, 3.8) is 0 Å². The number of fused-ring (bicyclic) bond motifs is 1. The van der Waals surface area contributed by atoms with E-state index in [1.54, 1.807) is 0 Å². The van der Waals surface area contributed by atoms with Gasteiger partial charge >= 0.3 is 0 Å². The molecule has 0 atom stereocenters. The minimum absolute atomic E-state index is 1.26. The summed E-state index contributed by atoms with van der Waals surface area (Å²) in [7, 11) is 0. The van der Waals surface area contributed by atoms with E-state index in [-0.39, 0.29) is 0 Å². The molecule has 0 aliphatic rings. The Morgan fingerprint density at radius 2 is 0.643 bits per heavy atom. The van der Waals surface area contributed by atoms with E-state index in [2.05, 4.69) is 146 Å². The lowest BCUT2D eigenvalue weighted by Gasteiger charge is -2.16. The van der Waals surface area contributed by atoms with Gasteiger partial charge in [0, 0.05) is 0 Å². The maximum absolute atomic E-state index is 2.38. The first-order valence-electron chi connectivity index (χ1n) is 14.7. The Kier molecular flexibility index (Phi) is 4.27. The van der Waals surface area contributed by atoms with E-state index in [0.29, 0.717) is 0 Å². The van der Waals surface area contributed by atoms with Crippen molar-refractivity contribution in [2.24, 2.45) is 0 Å². The first kappa shape index (κ1) is 22.3. The highest BCUT2D eigenvalue weighted by Gasteiger charge is 2.15. The van der Waals surface area contributed by atoms with Crippen LogP contribution in [0.1, 0.15) is 0 Å². The van der Waals surface area contributed by atoms with Crippen molar-refractivity contribution in [1.82, 2.24) is 0 Å². The maximum atomic E-state index is 2.38. The average molecular weight is 529 g/mol. The molecular weight excluding hydrogens is 504 g/mol. The van der Waals surface area contributed by atoms with Crippen LogP contribution in [-0.4, -0.2) is 0 Å². The molecule has 192 valence electrons. The van der Waals surface area contributed by atoms with Gasteiger partial charge in [0.25, 0.3) is 0 Å². The van der Waals surface area contributed by atoms with Crippen LogP contribution in [0, 0.1) is 0 Å². The summed E-state index contributed by atoms with van der Waals surface area (Å²) in [6.07, 6.45) is 0. The summed E-state index contributed by atoms with van der Waals surface area (Å²) in [5, 5.41) is 18.5. The summed E-state index contributed by atoms with van der Waals surface area (Å²) in [6.45, 7) is 0. The van der Waals surface area contributed by atoms with Crippen LogP contribution in [0.25, 0.3) is 97.7 Å². The molecule has 0 nitrogen and oxygen atoms in total. The van der Waals surface area contributed by atoms with Crippen molar-refractivity contribution in [3.05, 3.63) is 146 Å². The fourth-order valence-electron chi connectivity index (χ4n) is 7.64. The monoisotopic (exact) mass is 528 g/mol. The molecule has 42 heavy (non-hydrogen) atoms. The smallest absolute Gasteiger partial charge is 0.00206 e. The van der Waals surface area contributed by atoms with Gasteiger partial charge in [-0.1, -0.05) is 140 Å². The molecule has 0 heterocycles. The Hall–Kier alpha value is -5.46. The predicted octanol–water partition coefficient (Wildman–Crippen LogP) is 12.0. The summed E-state index contributed by atoms with van der Waals surface area (Å²) in [5.74, 6) is 0. The topological polar surface area (TPSA) is 0 Å². The summed E-state index contributed by atoms with van der Waals surface area (Å²) >= 11 is 0. The standard InChI is InChI=1S/C42H24/c1-4-25-10-12-29-14-19-34(37-22-16-27(6-1)39(25)41(29)37)32-18-20-33-31(24-32)8-3-9-35(33)36-21-15-30-13-11-26-5-2-7-28-17-23-38(36)42(30)40(26)28/h1-24H. The average Bonchev–Trinajstić information content (AvgIpc) is 3.05. The molecule has 0 fully saturated rings. The first-order valence-corrected chi connectivity index (χ1v) is 14.7. The molecular formula is C42H24. The van der Waals surface area contributed by atoms with Crippen LogP contribution in [0.5, 0.6) is 0 Å². The minimum atomic E-state index is 1.26. The van der Waals surface area contributed by atoms with E-state index in [1.165, 1.54) is 97.7 Å². The van der Waals surface area contributed by atoms with Gasteiger partial charge in [-0.05, 0) is 104 Å². The molecule has 0 spiro atoms. The molecule has 0 heteroatoms. The van der Waals surface area contributed by atoms with Gasteiger partial charge in [0.1, 0.15) is 0 Å². The lowest BCUT2D eigenvalue weighted by atomic mass is 9.87. The number of hydrogen-bond donors (Lipinski definition) is 0. The molecule has 0 aliphatic heterocycles. The summed E-state index contributed by atoms with van der Waals surface area (Å²) < 4.78 is 0. The third-order valence-corrected chi connectivity index (χ3v) is 9.54. The highest BCUT2D eigenvalue weighted by atomic mass is 14.2. The number of hydrogen-bond acceptors (Lipinski definition) is 0. The number of rotatable bonds is 2. The molecule has 0 aromatic heterocycles. The fourth-order valence-corrected chi connectivity index (χ4v) is 7.64. The largest absolute Gasteiger partial charge is 0.0610 e. The van der Waals surface area contributed by atoms with Gasteiger partial charge < -0.3 is 0 Å². The van der Waals surface area contributed by atoms with Gasteiger partial charge in [0.15, 0.2) is 0 Å². The van der Waals surface area contributed by atoms with Crippen LogP contribution >= 0.6 is 0 Å². The second kappa shape index (κ2) is 8.06. The number of benzene rings is 10. The fraction of sp³-hybridized carbons (Fsp3) is 0. The summed E-state index contributed by atoms with van der Waals surface area (Å²) in [5.41, 5.74) is 5.12. The van der Waals surface area contributed by atoms with E-state index in [4.69, 9.17) is 0 Å². The third kappa shape index (κ3) is 2.91. The highest BCUT2D eigenvalue weighted by Crippen LogP contribution is 2.43. The normalized spacial score (nSPS) is 12.3. The molecule has 0 radical (unpaired) electrons. The minimum Gasteiger partial charge on any atom is -0.0610 e. The molecule has 10 aromatic rings. The summed E-state index contributed by atoms with van der Waals surface area (Å²) in [4.78, 5) is 0. The third-order valence-electron chi connectivity index (χ3n) is 9.54. The van der Waals surface area contributed by atoms with Crippen molar-refractivity contribution >= 4 is 75.4 Å². The second-order valence-electron chi connectivity index (χ2n) is 11.7. The van der Waals surface area contributed by atoms with Crippen LogP contribution in [0.3, 0.4) is 0 Å². The van der Waals surface area contributed by atoms with Gasteiger partial charge in [0.05, 0.1) is 0 Å².